The van der Waals surface area contributed by atoms with Crippen molar-refractivity contribution >= 4 is 17.8 Å². The molecule has 0 aliphatic heterocycles. The van der Waals surface area contributed by atoms with E-state index in [2.05, 4.69) is 11.4 Å². The third-order valence-corrected chi connectivity index (χ3v) is 4.16. The molecule has 25 heavy (non-hydrogen) atoms. The van der Waals surface area contributed by atoms with Crippen molar-refractivity contribution in [2.24, 2.45) is 0 Å². The molecule has 1 aliphatic carbocycles. The highest BCUT2D eigenvalue weighted by atomic mass is 16.5. The maximum absolute atomic E-state index is 11.9. The number of benzene rings is 2. The van der Waals surface area contributed by atoms with Gasteiger partial charge in [-0.15, -0.1) is 0 Å². The standard InChI is InChI=1S/C20H19NO4/c22-18(21-20(24)16-5-2-1-3-6-16)13-25-19(23)12-14-9-10-15-7-4-8-17(15)11-14/h1-3,5-6,9-11H,4,7-8,12-13H2,(H,21,22,24). The number of imide groups is 1. The van der Waals surface area contributed by atoms with Crippen molar-refractivity contribution in [3.63, 3.8) is 0 Å². The maximum atomic E-state index is 11.9. The van der Waals surface area contributed by atoms with Gasteiger partial charge in [-0.3, -0.25) is 19.7 Å². The van der Waals surface area contributed by atoms with Crippen LogP contribution in [0.2, 0.25) is 0 Å². The highest BCUT2D eigenvalue weighted by molar-refractivity contribution is 6.05. The van der Waals surface area contributed by atoms with E-state index in [4.69, 9.17) is 4.74 Å². The molecule has 1 aliphatic rings. The van der Waals surface area contributed by atoms with Crippen LogP contribution in [0.5, 0.6) is 0 Å². The van der Waals surface area contributed by atoms with E-state index in [9.17, 15) is 14.4 Å². The maximum Gasteiger partial charge on any atom is 0.310 e. The lowest BCUT2D eigenvalue weighted by Crippen LogP contribution is -2.34. The van der Waals surface area contributed by atoms with Crippen LogP contribution in [-0.4, -0.2) is 24.4 Å². The normalized spacial score (nSPS) is 12.3. The lowest BCUT2D eigenvalue weighted by atomic mass is 10.0. The topological polar surface area (TPSA) is 72.5 Å². The van der Waals surface area contributed by atoms with Crippen molar-refractivity contribution in [2.75, 3.05) is 6.61 Å². The van der Waals surface area contributed by atoms with Gasteiger partial charge in [0, 0.05) is 5.56 Å². The second-order valence-electron chi connectivity index (χ2n) is 6.04. The van der Waals surface area contributed by atoms with E-state index in [0.717, 1.165) is 24.8 Å². The van der Waals surface area contributed by atoms with Crippen molar-refractivity contribution in [3.05, 3.63) is 70.8 Å². The van der Waals surface area contributed by atoms with Crippen LogP contribution in [0.1, 0.15) is 33.5 Å². The molecule has 1 N–H and O–H groups in total. The molecule has 2 amide bonds. The van der Waals surface area contributed by atoms with Gasteiger partial charge in [0.2, 0.25) is 0 Å². The zero-order chi connectivity index (χ0) is 17.6. The summed E-state index contributed by atoms with van der Waals surface area (Å²) in [5.41, 5.74) is 3.89. The molecule has 5 heteroatoms. The number of amides is 2. The SMILES string of the molecule is O=C(COC(=O)Cc1ccc2c(c1)CCC2)NC(=O)c1ccccc1. The second kappa shape index (κ2) is 7.75. The van der Waals surface area contributed by atoms with Gasteiger partial charge in [-0.1, -0.05) is 36.4 Å². The zero-order valence-electron chi connectivity index (χ0n) is 13.8. The van der Waals surface area contributed by atoms with Crippen LogP contribution < -0.4 is 5.32 Å². The minimum Gasteiger partial charge on any atom is -0.455 e. The lowest BCUT2D eigenvalue weighted by molar-refractivity contribution is -0.147. The smallest absolute Gasteiger partial charge is 0.310 e. The molecule has 128 valence electrons. The molecule has 3 rings (SSSR count). The highest BCUT2D eigenvalue weighted by Crippen LogP contribution is 2.23. The third-order valence-electron chi connectivity index (χ3n) is 4.16. The van der Waals surface area contributed by atoms with Crippen LogP contribution in [0, 0.1) is 0 Å². The largest absolute Gasteiger partial charge is 0.455 e. The Morgan fingerprint density at radius 2 is 1.72 bits per heavy atom. The minimum absolute atomic E-state index is 0.118. The Hall–Kier alpha value is -2.95. The first-order valence-corrected chi connectivity index (χ1v) is 8.27. The van der Waals surface area contributed by atoms with Gasteiger partial charge in [0.05, 0.1) is 6.42 Å². The third kappa shape index (κ3) is 4.53. The average molecular weight is 337 g/mol. The number of hydrogen-bond acceptors (Lipinski definition) is 4. The first kappa shape index (κ1) is 16.9. The van der Waals surface area contributed by atoms with Crippen LogP contribution >= 0.6 is 0 Å². The van der Waals surface area contributed by atoms with E-state index in [1.165, 1.54) is 11.1 Å². The summed E-state index contributed by atoms with van der Waals surface area (Å²) < 4.78 is 4.96. The summed E-state index contributed by atoms with van der Waals surface area (Å²) in [5.74, 6) is -1.64. The van der Waals surface area contributed by atoms with Gasteiger partial charge >= 0.3 is 5.97 Å². The van der Waals surface area contributed by atoms with E-state index in [-0.39, 0.29) is 6.42 Å². The van der Waals surface area contributed by atoms with Crippen molar-refractivity contribution in [2.45, 2.75) is 25.7 Å². The molecule has 0 bridgehead atoms. The fourth-order valence-electron chi connectivity index (χ4n) is 2.92. The van der Waals surface area contributed by atoms with Gasteiger partial charge in [0.25, 0.3) is 11.8 Å². The molecule has 0 atom stereocenters. The number of ether oxygens (including phenoxy) is 1. The molecule has 0 fully saturated rings. The summed E-state index contributed by atoms with van der Waals surface area (Å²) in [7, 11) is 0. The highest BCUT2D eigenvalue weighted by Gasteiger charge is 2.15. The van der Waals surface area contributed by atoms with Gasteiger partial charge < -0.3 is 4.74 Å². The number of carbonyl (C=O) groups excluding carboxylic acids is 3. The molecule has 5 nitrogen and oxygen atoms in total. The number of aryl methyl sites for hydroxylation is 2. The lowest BCUT2D eigenvalue weighted by Gasteiger charge is -2.07. The summed E-state index contributed by atoms with van der Waals surface area (Å²) in [6, 6.07) is 14.4. The van der Waals surface area contributed by atoms with Crippen molar-refractivity contribution < 1.29 is 19.1 Å². The Labute approximate surface area is 146 Å². The van der Waals surface area contributed by atoms with Crippen LogP contribution in [0.15, 0.2) is 48.5 Å². The van der Waals surface area contributed by atoms with E-state index >= 15 is 0 Å². The number of esters is 1. The van der Waals surface area contributed by atoms with Crippen molar-refractivity contribution in [1.82, 2.24) is 5.32 Å². The van der Waals surface area contributed by atoms with Crippen molar-refractivity contribution in [1.29, 1.82) is 0 Å². The first-order valence-electron chi connectivity index (χ1n) is 8.27. The summed E-state index contributed by atoms with van der Waals surface area (Å²) in [4.78, 5) is 35.4. The predicted octanol–water partition coefficient (Wildman–Crippen LogP) is 2.22. The molecule has 0 radical (unpaired) electrons. The Morgan fingerprint density at radius 1 is 0.960 bits per heavy atom. The Kier molecular flexibility index (Phi) is 5.23. The molecule has 0 unspecified atom stereocenters. The molecular formula is C20H19NO4. The molecule has 0 saturated carbocycles. The monoisotopic (exact) mass is 337 g/mol. The van der Waals surface area contributed by atoms with E-state index in [1.807, 2.05) is 12.1 Å². The molecule has 0 heterocycles. The number of fused-ring (bicyclic) bond motifs is 1. The summed E-state index contributed by atoms with van der Waals surface area (Å²) in [6.45, 7) is -0.470. The molecular weight excluding hydrogens is 318 g/mol. The van der Waals surface area contributed by atoms with Crippen LogP contribution in [0.25, 0.3) is 0 Å². The summed E-state index contributed by atoms with van der Waals surface area (Å²) >= 11 is 0. The van der Waals surface area contributed by atoms with Gasteiger partial charge in [0.15, 0.2) is 6.61 Å². The molecule has 0 aromatic heterocycles. The number of rotatable bonds is 5. The number of hydrogen-bond donors (Lipinski definition) is 1. The molecule has 0 spiro atoms. The summed E-state index contributed by atoms with van der Waals surface area (Å²) in [6.07, 6.45) is 3.41. The number of nitrogens with one attached hydrogen (secondary N) is 1. The van der Waals surface area contributed by atoms with E-state index in [1.54, 1.807) is 30.3 Å². The Balaban J connectivity index is 1.45. The average Bonchev–Trinajstić information content (AvgIpc) is 3.08. The number of carbonyl (C=O) groups is 3. The van der Waals surface area contributed by atoms with Crippen LogP contribution in [0.4, 0.5) is 0 Å². The van der Waals surface area contributed by atoms with Gasteiger partial charge in [-0.2, -0.15) is 0 Å². The van der Waals surface area contributed by atoms with Crippen LogP contribution in [-0.2, 0) is 33.6 Å². The fraction of sp³-hybridized carbons (Fsp3) is 0.250. The van der Waals surface area contributed by atoms with Crippen LogP contribution in [0.3, 0.4) is 0 Å². The Bertz CT molecular complexity index is 799. The zero-order valence-corrected chi connectivity index (χ0v) is 13.8. The minimum atomic E-state index is -0.642. The first-order chi connectivity index (χ1) is 12.1. The van der Waals surface area contributed by atoms with Crippen molar-refractivity contribution in [3.8, 4) is 0 Å². The predicted molar refractivity (Wildman–Crippen MR) is 92.0 cm³/mol. The molecule has 0 saturated heterocycles. The molecule has 2 aromatic rings. The summed E-state index contributed by atoms with van der Waals surface area (Å²) in [5, 5.41) is 2.19. The molecule has 2 aromatic carbocycles. The van der Waals surface area contributed by atoms with E-state index in [0.29, 0.717) is 5.56 Å². The Morgan fingerprint density at radius 3 is 2.52 bits per heavy atom. The van der Waals surface area contributed by atoms with E-state index < -0.39 is 24.4 Å². The quantitative estimate of drug-likeness (QED) is 0.849. The fourth-order valence-corrected chi connectivity index (χ4v) is 2.92. The second-order valence-corrected chi connectivity index (χ2v) is 6.04. The van der Waals surface area contributed by atoms with Gasteiger partial charge in [0.1, 0.15) is 0 Å². The van der Waals surface area contributed by atoms with Gasteiger partial charge in [-0.25, -0.2) is 0 Å². The van der Waals surface area contributed by atoms with Gasteiger partial charge in [-0.05, 0) is 48.1 Å².